The molecule has 1 aromatic heterocycles. The Morgan fingerprint density at radius 3 is 2.69 bits per heavy atom. The van der Waals surface area contributed by atoms with Crippen LogP contribution in [-0.2, 0) is 6.42 Å². The maximum atomic E-state index is 3.30. The van der Waals surface area contributed by atoms with Crippen molar-refractivity contribution in [1.29, 1.82) is 0 Å². The fourth-order valence-electron chi connectivity index (χ4n) is 2.04. The molecule has 1 radical (unpaired) electrons. The van der Waals surface area contributed by atoms with Gasteiger partial charge in [-0.1, -0.05) is 42.5 Å². The average molecular weight is 206 g/mol. The van der Waals surface area contributed by atoms with Gasteiger partial charge in [-0.2, -0.15) is 0 Å². The summed E-state index contributed by atoms with van der Waals surface area (Å²) >= 11 is 0. The van der Waals surface area contributed by atoms with Crippen molar-refractivity contribution in [2.45, 2.75) is 6.42 Å². The van der Waals surface area contributed by atoms with E-state index >= 15 is 0 Å². The summed E-state index contributed by atoms with van der Waals surface area (Å²) in [4.78, 5) is 3.30. The van der Waals surface area contributed by atoms with Gasteiger partial charge in [0, 0.05) is 17.1 Å². The Morgan fingerprint density at radius 2 is 1.81 bits per heavy atom. The van der Waals surface area contributed by atoms with Crippen molar-refractivity contribution in [3.8, 4) is 0 Å². The molecule has 0 aliphatic heterocycles. The molecule has 0 atom stereocenters. The Balaban J connectivity index is 2.01. The van der Waals surface area contributed by atoms with Crippen LogP contribution in [0, 0.1) is 6.07 Å². The number of nitrogens with one attached hydrogen (secondary N) is 1. The molecule has 3 rings (SSSR count). The first-order valence-electron chi connectivity index (χ1n) is 5.43. The highest BCUT2D eigenvalue weighted by molar-refractivity contribution is 5.83. The number of aromatic amines is 1. The third kappa shape index (κ3) is 1.61. The molecular weight excluding hydrogens is 194 g/mol. The fraction of sp³-hybridized carbons (Fsp3) is 0.0667. The van der Waals surface area contributed by atoms with Crippen LogP contribution < -0.4 is 0 Å². The van der Waals surface area contributed by atoms with Gasteiger partial charge < -0.3 is 4.98 Å². The van der Waals surface area contributed by atoms with Crippen LogP contribution in [0.1, 0.15) is 11.1 Å². The molecule has 0 aliphatic rings. The predicted octanol–water partition coefficient (Wildman–Crippen LogP) is 3.56. The van der Waals surface area contributed by atoms with Gasteiger partial charge in [0.2, 0.25) is 0 Å². The first-order chi connectivity index (χ1) is 7.93. The summed E-state index contributed by atoms with van der Waals surface area (Å²) < 4.78 is 0. The maximum absolute atomic E-state index is 3.30. The lowest BCUT2D eigenvalue weighted by atomic mass is 10.0. The zero-order valence-electron chi connectivity index (χ0n) is 8.90. The largest absolute Gasteiger partial charge is 0.361 e. The van der Waals surface area contributed by atoms with Crippen LogP contribution in [0.4, 0.5) is 0 Å². The molecule has 16 heavy (non-hydrogen) atoms. The van der Waals surface area contributed by atoms with E-state index in [0.717, 1.165) is 6.42 Å². The van der Waals surface area contributed by atoms with E-state index in [1.165, 1.54) is 22.0 Å². The van der Waals surface area contributed by atoms with Crippen LogP contribution in [0.15, 0.2) is 54.7 Å². The topological polar surface area (TPSA) is 15.8 Å². The van der Waals surface area contributed by atoms with Gasteiger partial charge in [0.15, 0.2) is 0 Å². The lowest BCUT2D eigenvalue weighted by Gasteiger charge is -1.99. The van der Waals surface area contributed by atoms with E-state index in [-0.39, 0.29) is 0 Å². The number of aromatic nitrogens is 1. The molecular formula is C15H12N. The molecule has 1 heterocycles. The lowest BCUT2D eigenvalue weighted by molar-refractivity contribution is 1.21. The smallest absolute Gasteiger partial charge is 0.0456 e. The number of rotatable bonds is 2. The molecule has 0 spiro atoms. The summed E-state index contributed by atoms with van der Waals surface area (Å²) in [5.41, 5.74) is 3.88. The predicted molar refractivity (Wildman–Crippen MR) is 66.4 cm³/mol. The van der Waals surface area contributed by atoms with E-state index < -0.39 is 0 Å². The third-order valence-corrected chi connectivity index (χ3v) is 2.86. The third-order valence-electron chi connectivity index (χ3n) is 2.86. The van der Waals surface area contributed by atoms with Crippen molar-refractivity contribution in [2.75, 3.05) is 0 Å². The minimum Gasteiger partial charge on any atom is -0.361 e. The molecule has 2 aromatic carbocycles. The molecule has 0 amide bonds. The highest BCUT2D eigenvalue weighted by atomic mass is 14.7. The second-order valence-electron chi connectivity index (χ2n) is 3.94. The van der Waals surface area contributed by atoms with E-state index in [4.69, 9.17) is 0 Å². The lowest BCUT2D eigenvalue weighted by Crippen LogP contribution is -1.85. The van der Waals surface area contributed by atoms with Crippen LogP contribution in [0.25, 0.3) is 10.9 Å². The highest BCUT2D eigenvalue weighted by Crippen LogP contribution is 2.20. The zero-order valence-corrected chi connectivity index (χ0v) is 8.90. The van der Waals surface area contributed by atoms with Gasteiger partial charge in [0.1, 0.15) is 0 Å². The molecule has 0 bridgehead atoms. The molecule has 0 unspecified atom stereocenters. The van der Waals surface area contributed by atoms with Crippen LogP contribution in [0.5, 0.6) is 0 Å². The minimum atomic E-state index is 0.971. The van der Waals surface area contributed by atoms with Crippen molar-refractivity contribution in [3.63, 3.8) is 0 Å². The number of benzene rings is 2. The Labute approximate surface area is 94.7 Å². The maximum Gasteiger partial charge on any atom is 0.0456 e. The van der Waals surface area contributed by atoms with Gasteiger partial charge in [0.25, 0.3) is 0 Å². The normalized spacial score (nSPS) is 10.8. The fourth-order valence-corrected chi connectivity index (χ4v) is 2.04. The Hall–Kier alpha value is -2.02. The van der Waals surface area contributed by atoms with Gasteiger partial charge in [-0.05, 0) is 29.7 Å². The monoisotopic (exact) mass is 206 g/mol. The standard InChI is InChI=1S/C15H12N/c1-2-6-12(7-3-1)10-13-11-16-15-9-5-4-8-14(13)15/h2-9,11,16H,10H2. The summed E-state index contributed by atoms with van der Waals surface area (Å²) in [5.74, 6) is 0. The first kappa shape index (κ1) is 9.22. The Morgan fingerprint density at radius 1 is 1.00 bits per heavy atom. The summed E-state index contributed by atoms with van der Waals surface area (Å²) in [5, 5.41) is 1.32. The molecule has 0 fully saturated rings. The van der Waals surface area contributed by atoms with Crippen LogP contribution in [-0.4, -0.2) is 4.98 Å². The summed E-state index contributed by atoms with van der Waals surface area (Å²) in [6.45, 7) is 0. The molecule has 3 aromatic rings. The van der Waals surface area contributed by atoms with Gasteiger partial charge in [-0.15, -0.1) is 0 Å². The number of hydrogen-bond acceptors (Lipinski definition) is 0. The van der Waals surface area contributed by atoms with Crippen molar-refractivity contribution in [2.24, 2.45) is 0 Å². The van der Waals surface area contributed by atoms with E-state index in [1.54, 1.807) is 0 Å². The van der Waals surface area contributed by atoms with Gasteiger partial charge in [0.05, 0.1) is 0 Å². The molecule has 1 nitrogen and oxygen atoms in total. The highest BCUT2D eigenvalue weighted by Gasteiger charge is 2.02. The summed E-state index contributed by atoms with van der Waals surface area (Å²) in [6, 6.07) is 19.6. The number of hydrogen-bond donors (Lipinski definition) is 1. The SMILES string of the molecule is [c]1ccc(Cc2c[nH]c3ccccc23)cc1. The van der Waals surface area contributed by atoms with Crippen LogP contribution >= 0.6 is 0 Å². The Kier molecular flexibility index (Phi) is 2.22. The zero-order chi connectivity index (χ0) is 10.8. The van der Waals surface area contributed by atoms with E-state index in [0.29, 0.717) is 0 Å². The van der Waals surface area contributed by atoms with Crippen molar-refractivity contribution in [1.82, 2.24) is 4.98 Å². The van der Waals surface area contributed by atoms with E-state index in [9.17, 15) is 0 Å². The van der Waals surface area contributed by atoms with E-state index in [2.05, 4.69) is 53.6 Å². The number of H-pyrrole nitrogens is 1. The van der Waals surface area contributed by atoms with E-state index in [1.807, 2.05) is 12.1 Å². The van der Waals surface area contributed by atoms with Crippen LogP contribution in [0.3, 0.4) is 0 Å². The molecule has 0 saturated carbocycles. The van der Waals surface area contributed by atoms with Crippen molar-refractivity contribution in [3.05, 3.63) is 71.9 Å². The minimum absolute atomic E-state index is 0.971. The number of fused-ring (bicyclic) bond motifs is 1. The summed E-state index contributed by atoms with van der Waals surface area (Å²) in [6.07, 6.45) is 3.07. The van der Waals surface area contributed by atoms with Crippen molar-refractivity contribution >= 4 is 10.9 Å². The molecule has 1 heteroatoms. The molecule has 77 valence electrons. The second kappa shape index (κ2) is 3.86. The number of para-hydroxylation sites is 1. The second-order valence-corrected chi connectivity index (χ2v) is 3.94. The van der Waals surface area contributed by atoms with Gasteiger partial charge >= 0.3 is 0 Å². The Bertz CT molecular complexity index is 593. The van der Waals surface area contributed by atoms with Crippen LogP contribution in [0.2, 0.25) is 0 Å². The molecule has 0 aliphatic carbocycles. The molecule has 0 saturated heterocycles. The van der Waals surface area contributed by atoms with Gasteiger partial charge in [-0.25, -0.2) is 0 Å². The summed E-state index contributed by atoms with van der Waals surface area (Å²) in [7, 11) is 0. The quantitative estimate of drug-likeness (QED) is 0.660. The average Bonchev–Trinajstić information content (AvgIpc) is 2.74. The van der Waals surface area contributed by atoms with Gasteiger partial charge in [-0.3, -0.25) is 0 Å². The first-order valence-corrected chi connectivity index (χ1v) is 5.43. The van der Waals surface area contributed by atoms with Crippen molar-refractivity contribution < 1.29 is 0 Å². The molecule has 1 N–H and O–H groups in total.